The van der Waals surface area contributed by atoms with E-state index in [4.69, 9.17) is 9.84 Å². The number of carbonyl (C=O) groups is 2. The Kier molecular flexibility index (Phi) is 4.37. The highest BCUT2D eigenvalue weighted by atomic mass is 16.5. The number of carbonyl (C=O) groups excluding carboxylic acids is 2. The van der Waals surface area contributed by atoms with Crippen LogP contribution >= 0.6 is 0 Å². The highest BCUT2D eigenvalue weighted by Crippen LogP contribution is 2.33. The summed E-state index contributed by atoms with van der Waals surface area (Å²) in [6.07, 6.45) is 0.783. The standard InChI is InChI=1S/C20H19N3O4/c1-23-17-10-14(27-13-4-2-12(11-24)3-5-13)6-7-15(17)19(22-23)16-8-9-18(25)21-20(16)26/h2-7,10,16,24H,8-9,11H2,1H3,(H,21,25,26). The minimum Gasteiger partial charge on any atom is -0.457 e. The zero-order valence-electron chi connectivity index (χ0n) is 14.8. The number of hydrogen-bond acceptors (Lipinski definition) is 5. The van der Waals surface area contributed by atoms with Crippen LogP contribution in [-0.2, 0) is 23.2 Å². The molecule has 1 aliphatic heterocycles. The number of aliphatic hydroxyl groups excluding tert-OH is 1. The molecule has 2 heterocycles. The fraction of sp³-hybridized carbons (Fsp3) is 0.250. The van der Waals surface area contributed by atoms with Crippen molar-refractivity contribution in [3.63, 3.8) is 0 Å². The van der Waals surface area contributed by atoms with Crippen molar-refractivity contribution in [2.75, 3.05) is 0 Å². The monoisotopic (exact) mass is 365 g/mol. The average Bonchev–Trinajstić information content (AvgIpc) is 2.98. The van der Waals surface area contributed by atoms with Crippen LogP contribution in [-0.4, -0.2) is 26.7 Å². The third kappa shape index (κ3) is 3.29. The number of hydrogen-bond donors (Lipinski definition) is 2. The predicted molar refractivity (Wildman–Crippen MR) is 98.3 cm³/mol. The van der Waals surface area contributed by atoms with E-state index in [0.29, 0.717) is 30.0 Å². The molecule has 1 aromatic heterocycles. The summed E-state index contributed by atoms with van der Waals surface area (Å²) in [7, 11) is 1.82. The molecule has 0 aliphatic carbocycles. The maximum Gasteiger partial charge on any atom is 0.235 e. The molecule has 1 unspecified atom stereocenters. The van der Waals surface area contributed by atoms with Crippen LogP contribution in [0.25, 0.3) is 10.9 Å². The van der Waals surface area contributed by atoms with Gasteiger partial charge in [0.1, 0.15) is 11.5 Å². The summed E-state index contributed by atoms with van der Waals surface area (Å²) in [6.45, 7) is -0.00955. The topological polar surface area (TPSA) is 93.5 Å². The zero-order chi connectivity index (χ0) is 19.0. The highest BCUT2D eigenvalue weighted by molar-refractivity contribution is 6.02. The quantitative estimate of drug-likeness (QED) is 0.693. The number of fused-ring (bicyclic) bond motifs is 1. The van der Waals surface area contributed by atoms with Crippen LogP contribution in [0.5, 0.6) is 11.5 Å². The molecule has 1 atom stereocenters. The van der Waals surface area contributed by atoms with Crippen molar-refractivity contribution in [3.8, 4) is 11.5 Å². The molecule has 2 amide bonds. The molecule has 138 valence electrons. The number of aryl methyl sites for hydroxylation is 1. The van der Waals surface area contributed by atoms with E-state index in [-0.39, 0.29) is 18.4 Å². The van der Waals surface area contributed by atoms with Gasteiger partial charge in [-0.15, -0.1) is 0 Å². The lowest BCUT2D eigenvalue weighted by Gasteiger charge is -2.19. The molecule has 0 bridgehead atoms. The Labute approximate surface area is 155 Å². The molecule has 1 aliphatic rings. The van der Waals surface area contributed by atoms with E-state index in [0.717, 1.165) is 16.5 Å². The lowest BCUT2D eigenvalue weighted by molar-refractivity contribution is -0.134. The number of ether oxygens (including phenoxy) is 1. The first-order valence-corrected chi connectivity index (χ1v) is 8.73. The minimum absolute atomic E-state index is 0.00955. The molecular weight excluding hydrogens is 346 g/mol. The first kappa shape index (κ1) is 17.2. The predicted octanol–water partition coefficient (Wildman–Crippen LogP) is 2.38. The van der Waals surface area contributed by atoms with Crippen molar-refractivity contribution in [3.05, 3.63) is 53.7 Å². The SMILES string of the molecule is Cn1nc(C2CCC(=O)NC2=O)c2ccc(Oc3ccc(CO)cc3)cc21. The smallest absolute Gasteiger partial charge is 0.235 e. The second kappa shape index (κ2) is 6.85. The van der Waals surface area contributed by atoms with Crippen LogP contribution < -0.4 is 10.1 Å². The van der Waals surface area contributed by atoms with Gasteiger partial charge in [0.25, 0.3) is 0 Å². The molecular formula is C20H19N3O4. The van der Waals surface area contributed by atoms with Gasteiger partial charge in [-0.05, 0) is 36.2 Å². The molecule has 2 aromatic carbocycles. The van der Waals surface area contributed by atoms with Gasteiger partial charge in [0.05, 0.1) is 23.7 Å². The summed E-state index contributed by atoms with van der Waals surface area (Å²) in [5.41, 5.74) is 2.34. The molecule has 3 aromatic rings. The summed E-state index contributed by atoms with van der Waals surface area (Å²) in [5.74, 6) is 0.357. The van der Waals surface area contributed by atoms with E-state index in [1.807, 2.05) is 25.2 Å². The van der Waals surface area contributed by atoms with Crippen molar-refractivity contribution >= 4 is 22.7 Å². The third-order valence-corrected chi connectivity index (χ3v) is 4.76. The molecule has 0 radical (unpaired) electrons. The first-order valence-electron chi connectivity index (χ1n) is 8.73. The van der Waals surface area contributed by atoms with Crippen LogP contribution in [0.4, 0.5) is 0 Å². The zero-order valence-corrected chi connectivity index (χ0v) is 14.8. The van der Waals surface area contributed by atoms with Crippen molar-refractivity contribution in [1.82, 2.24) is 15.1 Å². The highest BCUT2D eigenvalue weighted by Gasteiger charge is 2.31. The molecule has 1 saturated heterocycles. The summed E-state index contributed by atoms with van der Waals surface area (Å²) in [4.78, 5) is 23.6. The van der Waals surface area contributed by atoms with Gasteiger partial charge in [-0.1, -0.05) is 12.1 Å². The number of nitrogens with one attached hydrogen (secondary N) is 1. The number of aliphatic hydroxyl groups is 1. The van der Waals surface area contributed by atoms with Crippen molar-refractivity contribution in [2.45, 2.75) is 25.4 Å². The Morgan fingerprint density at radius 2 is 1.93 bits per heavy atom. The van der Waals surface area contributed by atoms with Crippen LogP contribution in [0.15, 0.2) is 42.5 Å². The molecule has 27 heavy (non-hydrogen) atoms. The lowest BCUT2D eigenvalue weighted by atomic mass is 9.93. The van der Waals surface area contributed by atoms with E-state index in [9.17, 15) is 9.59 Å². The van der Waals surface area contributed by atoms with Gasteiger partial charge in [0, 0.05) is 24.9 Å². The fourth-order valence-electron chi connectivity index (χ4n) is 3.34. The number of amides is 2. The molecule has 7 heteroatoms. The number of rotatable bonds is 4. The van der Waals surface area contributed by atoms with Gasteiger partial charge < -0.3 is 9.84 Å². The van der Waals surface area contributed by atoms with Gasteiger partial charge in [-0.25, -0.2) is 0 Å². The van der Waals surface area contributed by atoms with Crippen LogP contribution in [0, 0.1) is 0 Å². The molecule has 7 nitrogen and oxygen atoms in total. The number of piperidine rings is 1. The first-order chi connectivity index (χ1) is 13.0. The van der Waals surface area contributed by atoms with Gasteiger partial charge in [0.15, 0.2) is 0 Å². The Hall–Kier alpha value is -3.19. The van der Waals surface area contributed by atoms with E-state index in [1.54, 1.807) is 28.9 Å². The Balaban J connectivity index is 1.64. The molecule has 0 spiro atoms. The number of nitrogens with zero attached hydrogens (tertiary/aromatic N) is 2. The summed E-state index contributed by atoms with van der Waals surface area (Å²) < 4.78 is 7.60. The second-order valence-corrected chi connectivity index (χ2v) is 6.60. The molecule has 4 rings (SSSR count). The van der Waals surface area contributed by atoms with E-state index in [1.165, 1.54) is 0 Å². The number of imide groups is 1. The van der Waals surface area contributed by atoms with E-state index < -0.39 is 5.92 Å². The maximum absolute atomic E-state index is 12.2. The average molecular weight is 365 g/mol. The fourth-order valence-corrected chi connectivity index (χ4v) is 3.34. The summed E-state index contributed by atoms with van der Waals surface area (Å²) in [6, 6.07) is 12.8. The van der Waals surface area contributed by atoms with E-state index >= 15 is 0 Å². The van der Waals surface area contributed by atoms with E-state index in [2.05, 4.69) is 10.4 Å². The van der Waals surface area contributed by atoms with Crippen LogP contribution in [0.1, 0.15) is 30.0 Å². The summed E-state index contributed by atoms with van der Waals surface area (Å²) >= 11 is 0. The third-order valence-electron chi connectivity index (χ3n) is 4.76. The van der Waals surface area contributed by atoms with Crippen molar-refractivity contribution in [1.29, 1.82) is 0 Å². The van der Waals surface area contributed by atoms with Gasteiger partial charge in [-0.2, -0.15) is 5.10 Å². The Morgan fingerprint density at radius 3 is 2.63 bits per heavy atom. The second-order valence-electron chi connectivity index (χ2n) is 6.60. The van der Waals surface area contributed by atoms with Crippen molar-refractivity contribution in [2.24, 2.45) is 7.05 Å². The largest absolute Gasteiger partial charge is 0.457 e. The molecule has 2 N–H and O–H groups in total. The maximum atomic E-state index is 12.2. The number of benzene rings is 2. The lowest BCUT2D eigenvalue weighted by Crippen LogP contribution is -2.39. The Morgan fingerprint density at radius 1 is 1.19 bits per heavy atom. The molecule has 0 saturated carbocycles. The normalized spacial score (nSPS) is 17.2. The van der Waals surface area contributed by atoms with Gasteiger partial charge >= 0.3 is 0 Å². The van der Waals surface area contributed by atoms with Crippen LogP contribution in [0.2, 0.25) is 0 Å². The Bertz CT molecular complexity index is 1020. The van der Waals surface area contributed by atoms with Gasteiger partial charge in [-0.3, -0.25) is 19.6 Å². The number of aromatic nitrogens is 2. The van der Waals surface area contributed by atoms with Crippen LogP contribution in [0.3, 0.4) is 0 Å². The van der Waals surface area contributed by atoms with Crippen molar-refractivity contribution < 1.29 is 19.4 Å². The van der Waals surface area contributed by atoms with Gasteiger partial charge in [0.2, 0.25) is 11.8 Å². The molecule has 1 fully saturated rings. The summed E-state index contributed by atoms with van der Waals surface area (Å²) in [5, 5.41) is 16.9. The minimum atomic E-state index is -0.427.